The van der Waals surface area contributed by atoms with Crippen molar-refractivity contribution in [2.24, 2.45) is 5.41 Å². The smallest absolute Gasteiger partial charge is 0.330 e. The van der Waals surface area contributed by atoms with Crippen LogP contribution in [0.1, 0.15) is 109 Å². The number of likely N-dealkylation sites (N-methyl/N-ethyl adjacent to an activating group) is 3. The second kappa shape index (κ2) is 31.2. The minimum atomic E-state index is -1.51. The number of nitrogens with one attached hydrogen (secondary N) is 2. The number of nitrogens with zero attached hydrogens (tertiary/aromatic N) is 4. The summed E-state index contributed by atoms with van der Waals surface area (Å²) >= 11 is 0. The van der Waals surface area contributed by atoms with Crippen LogP contribution >= 0.6 is 0 Å². The molecule has 0 spiro atoms. The number of esters is 2. The van der Waals surface area contributed by atoms with Crippen LogP contribution in [0.15, 0.2) is 84.9 Å². The number of hydrogen-bond acceptors (Lipinski definition) is 16. The van der Waals surface area contributed by atoms with Crippen molar-refractivity contribution >= 4 is 53.2 Å². The summed E-state index contributed by atoms with van der Waals surface area (Å²) < 4.78 is 40.2. The molecule has 6 atom stereocenters. The number of Topliss-reactive ketones (excluding diaryl/α,β-unsaturated/α-hetero) is 1. The Bertz CT molecular complexity index is 2820. The lowest BCUT2D eigenvalue weighted by molar-refractivity contribution is -0.165. The van der Waals surface area contributed by atoms with Gasteiger partial charge in [-0.2, -0.15) is 0 Å². The largest absolute Gasteiger partial charge is 0.493 e. The number of amides is 6. The standard InChI is InChI=1S/C62H84N6O16/c1-40-55(72)64-53(42-21-14-13-15-22-42)58(75)67(9)47(37-83-61(2,3)4)56(73)63-45(31-34-78-10)57(74)65(7)32-18-17-26-52(70)82-39-62(5,6)54(71)59(76)68-33-19-16-25-46(68)60(77)84-48(29-27-41-28-30-49(79-11)50(35-41)80-12)43-23-20-24-44(36-43)81-38-51(69)66(40)8/h13-15,17,20-24,26,28,30,35-36,40,45-48,53H,16,18-19,25,27,29,31-34,37-39H2,1-12H3,(H,63,73)(H,64,72)/t40-,45-,46-,47-,48+,53?/m0/s1. The van der Waals surface area contributed by atoms with Crippen molar-refractivity contribution in [1.82, 2.24) is 30.2 Å². The molecule has 22 heteroatoms. The number of piperidine rings is 1. The first kappa shape index (κ1) is 66.9. The van der Waals surface area contributed by atoms with Crippen LogP contribution in [0.3, 0.4) is 0 Å². The molecule has 3 aromatic carbocycles. The molecule has 0 aromatic heterocycles. The van der Waals surface area contributed by atoms with E-state index in [0.29, 0.717) is 41.9 Å². The van der Waals surface area contributed by atoms with E-state index in [1.807, 2.05) is 12.1 Å². The highest BCUT2D eigenvalue weighted by Crippen LogP contribution is 2.33. The van der Waals surface area contributed by atoms with Gasteiger partial charge in [-0.3, -0.25) is 33.6 Å². The molecule has 1 fully saturated rings. The third kappa shape index (κ3) is 18.8. The zero-order chi connectivity index (χ0) is 61.9. The molecule has 2 aliphatic rings. The third-order valence-electron chi connectivity index (χ3n) is 14.7. The Morgan fingerprint density at radius 3 is 2.12 bits per heavy atom. The van der Waals surface area contributed by atoms with E-state index in [-0.39, 0.29) is 57.7 Å². The molecular weight excluding hydrogens is 1080 g/mol. The van der Waals surface area contributed by atoms with E-state index in [4.69, 9.17) is 33.2 Å². The van der Waals surface area contributed by atoms with Gasteiger partial charge < -0.3 is 63.4 Å². The van der Waals surface area contributed by atoms with Gasteiger partial charge in [0.25, 0.3) is 11.8 Å². The summed E-state index contributed by atoms with van der Waals surface area (Å²) in [4.78, 5) is 132. The first-order chi connectivity index (χ1) is 39.8. The summed E-state index contributed by atoms with van der Waals surface area (Å²) in [5, 5.41) is 5.60. The van der Waals surface area contributed by atoms with Crippen LogP contribution < -0.4 is 24.8 Å². The number of benzene rings is 3. The van der Waals surface area contributed by atoms with E-state index in [0.717, 1.165) is 16.5 Å². The van der Waals surface area contributed by atoms with Gasteiger partial charge in [-0.15, -0.1) is 0 Å². The number of cyclic esters (lactones) is 2. The highest BCUT2D eigenvalue weighted by molar-refractivity contribution is 6.38. The number of methoxy groups -OCH3 is 3. The number of hydrogen-bond donors (Lipinski definition) is 2. The van der Waals surface area contributed by atoms with Crippen molar-refractivity contribution in [2.75, 3.05) is 82.0 Å². The van der Waals surface area contributed by atoms with Gasteiger partial charge in [-0.25, -0.2) is 9.59 Å². The molecule has 0 radical (unpaired) electrons. The number of ketones is 1. The van der Waals surface area contributed by atoms with E-state index in [2.05, 4.69) is 10.6 Å². The van der Waals surface area contributed by atoms with Gasteiger partial charge in [-0.1, -0.05) is 54.6 Å². The molecule has 1 saturated heterocycles. The van der Waals surface area contributed by atoms with Crippen LogP contribution in [-0.2, 0) is 68.5 Å². The van der Waals surface area contributed by atoms with Gasteiger partial charge in [0, 0.05) is 54.0 Å². The maximum Gasteiger partial charge on any atom is 0.330 e. The lowest BCUT2D eigenvalue weighted by atomic mass is 9.87. The minimum absolute atomic E-state index is 0.0466. The SMILES string of the molecule is COCC[C@@H]1NC(=O)[C@H](COC(C)(C)C)N(C)C(=O)C(c2ccccc2)NC(=O)[C@H](C)N(C)C(=O)COc2cccc(c2)[C@@H](CCc2ccc(OC)c(OC)c2)OC(=O)[C@@H]2CCCCN2C(=O)C(=O)C(C)(C)COC(=O)C=CCCN(C)C1=O. The molecule has 0 saturated carbocycles. The second-order valence-corrected chi connectivity index (χ2v) is 22.6. The van der Waals surface area contributed by atoms with Gasteiger partial charge in [0.1, 0.15) is 48.7 Å². The summed E-state index contributed by atoms with van der Waals surface area (Å²) in [6.07, 6.45) is 3.81. The fourth-order valence-electron chi connectivity index (χ4n) is 9.32. The summed E-state index contributed by atoms with van der Waals surface area (Å²) in [5.74, 6) is -5.37. The van der Waals surface area contributed by atoms with Crippen molar-refractivity contribution < 1.29 is 76.3 Å². The molecule has 0 aliphatic carbocycles. The zero-order valence-corrected chi connectivity index (χ0v) is 50.6. The maximum atomic E-state index is 14.8. The Morgan fingerprint density at radius 1 is 0.738 bits per heavy atom. The third-order valence-corrected chi connectivity index (χ3v) is 14.7. The molecule has 2 bridgehead atoms. The fourth-order valence-corrected chi connectivity index (χ4v) is 9.32. The van der Waals surface area contributed by atoms with E-state index in [1.54, 1.807) is 81.4 Å². The molecule has 6 amide bonds. The molecule has 5 rings (SSSR count). The molecule has 2 heterocycles. The van der Waals surface area contributed by atoms with Gasteiger partial charge in [0.2, 0.25) is 29.4 Å². The molecule has 2 aliphatic heterocycles. The van der Waals surface area contributed by atoms with Crippen LogP contribution in [0.4, 0.5) is 0 Å². The Morgan fingerprint density at radius 2 is 1.44 bits per heavy atom. The van der Waals surface area contributed by atoms with Gasteiger partial charge in [0.15, 0.2) is 18.1 Å². The lowest BCUT2D eigenvalue weighted by Gasteiger charge is -2.36. The van der Waals surface area contributed by atoms with Crippen LogP contribution in [0, 0.1) is 5.41 Å². The number of carbonyl (C=O) groups excluding carboxylic acids is 9. The zero-order valence-electron chi connectivity index (χ0n) is 50.6. The molecule has 1 unspecified atom stereocenters. The van der Waals surface area contributed by atoms with E-state index < -0.39 is 114 Å². The number of rotatable bonds is 11. The number of ether oxygens (including phenoxy) is 7. The van der Waals surface area contributed by atoms with Crippen molar-refractivity contribution in [2.45, 2.75) is 128 Å². The van der Waals surface area contributed by atoms with Crippen molar-refractivity contribution in [1.29, 1.82) is 0 Å². The van der Waals surface area contributed by atoms with E-state index >= 15 is 0 Å². The summed E-state index contributed by atoms with van der Waals surface area (Å²) in [7, 11) is 8.82. The quantitative estimate of drug-likeness (QED) is 0.187. The van der Waals surface area contributed by atoms with E-state index in [9.17, 15) is 43.2 Å². The average Bonchev–Trinajstić information content (AvgIpc) is 3.69. The molecule has 458 valence electrons. The maximum absolute atomic E-state index is 14.8. The monoisotopic (exact) mass is 1170 g/mol. The first-order valence-electron chi connectivity index (χ1n) is 28.2. The average molecular weight is 1170 g/mol. The van der Waals surface area contributed by atoms with Crippen LogP contribution in [0.5, 0.6) is 17.2 Å². The predicted octanol–water partition coefficient (Wildman–Crippen LogP) is 5.11. The number of carbonyl (C=O) groups is 9. The Kier molecular flexibility index (Phi) is 24.8. The van der Waals surface area contributed by atoms with Crippen LogP contribution in [-0.4, -0.2) is 185 Å². The molecule has 84 heavy (non-hydrogen) atoms. The Labute approximate surface area is 492 Å². The fraction of sp³-hybridized carbons (Fsp3) is 0.532. The van der Waals surface area contributed by atoms with E-state index in [1.165, 1.54) is 84.0 Å². The summed E-state index contributed by atoms with van der Waals surface area (Å²) in [5.41, 5.74) is -0.589. The first-order valence-corrected chi connectivity index (χ1v) is 28.2. The van der Waals surface area contributed by atoms with Crippen molar-refractivity contribution in [3.63, 3.8) is 0 Å². The van der Waals surface area contributed by atoms with Crippen molar-refractivity contribution in [3.8, 4) is 17.2 Å². The molecule has 2 N–H and O–H groups in total. The Hall–Kier alpha value is -7.85. The molecule has 22 nitrogen and oxygen atoms in total. The lowest BCUT2D eigenvalue weighted by Crippen LogP contribution is -2.58. The summed E-state index contributed by atoms with van der Waals surface area (Å²) in [6.45, 7) is 8.70. The molecule has 3 aromatic rings. The normalized spacial score (nSPS) is 22.9. The highest BCUT2D eigenvalue weighted by Gasteiger charge is 2.43. The number of fused-ring (bicyclic) bond motifs is 3. The number of aryl methyl sites for hydroxylation is 1. The molecular formula is C62H84N6O16. The van der Waals surface area contributed by atoms with Gasteiger partial charge in [-0.05, 0) is 127 Å². The van der Waals surface area contributed by atoms with Gasteiger partial charge >= 0.3 is 11.9 Å². The predicted molar refractivity (Wildman–Crippen MR) is 309 cm³/mol. The highest BCUT2D eigenvalue weighted by atomic mass is 16.5. The van der Waals surface area contributed by atoms with Gasteiger partial charge in [0.05, 0.1) is 31.8 Å². The Balaban J connectivity index is 1.51. The summed E-state index contributed by atoms with van der Waals surface area (Å²) in [6, 6.07) is 14.3. The second-order valence-electron chi connectivity index (χ2n) is 22.6. The van der Waals surface area contributed by atoms with Crippen LogP contribution in [0.25, 0.3) is 0 Å². The topological polar surface area (TPSA) is 255 Å². The van der Waals surface area contributed by atoms with Crippen molar-refractivity contribution in [3.05, 3.63) is 102 Å². The van der Waals surface area contributed by atoms with Crippen LogP contribution in [0.2, 0.25) is 0 Å². The minimum Gasteiger partial charge on any atom is -0.493 e.